The van der Waals surface area contributed by atoms with E-state index in [0.717, 1.165) is 47.9 Å². The molecule has 10 heteroatoms. The first-order chi connectivity index (χ1) is 17.9. The van der Waals surface area contributed by atoms with Crippen LogP contribution in [0.1, 0.15) is 43.7 Å². The summed E-state index contributed by atoms with van der Waals surface area (Å²) in [6.45, 7) is 3.48. The van der Waals surface area contributed by atoms with E-state index in [9.17, 15) is 14.4 Å². The van der Waals surface area contributed by atoms with Crippen LogP contribution in [0.5, 0.6) is 11.5 Å². The van der Waals surface area contributed by atoms with Gasteiger partial charge in [0.1, 0.15) is 13.2 Å². The maximum atomic E-state index is 13.0. The van der Waals surface area contributed by atoms with Gasteiger partial charge in [0.2, 0.25) is 5.91 Å². The number of hydrogen-bond acceptors (Lipinski definition) is 6. The molecule has 2 fully saturated rings. The van der Waals surface area contributed by atoms with Crippen LogP contribution in [0, 0.1) is 0 Å². The summed E-state index contributed by atoms with van der Waals surface area (Å²) in [7, 11) is 0. The number of halogens is 2. The summed E-state index contributed by atoms with van der Waals surface area (Å²) in [5.74, 6) is 0.0686. The summed E-state index contributed by atoms with van der Waals surface area (Å²) < 4.78 is 11.7. The monoisotopic (exact) mass is 562 g/mol. The van der Waals surface area contributed by atoms with Gasteiger partial charge in [0.25, 0.3) is 11.1 Å². The molecule has 7 nitrogen and oxygen atoms in total. The van der Waals surface area contributed by atoms with E-state index in [2.05, 4.69) is 0 Å². The SMILES string of the molecule is CCOc1cc(C=C2SC(=O)N(CC(=O)N3CCCCCC3)C2=O)cc(Cl)c1OCc1ccccc1Cl. The van der Waals surface area contributed by atoms with Crippen LogP contribution < -0.4 is 9.47 Å². The van der Waals surface area contributed by atoms with Crippen molar-refractivity contribution in [3.05, 3.63) is 62.5 Å². The molecule has 2 aromatic rings. The Morgan fingerprint density at radius 1 is 1.03 bits per heavy atom. The van der Waals surface area contributed by atoms with Crippen LogP contribution in [0.25, 0.3) is 6.08 Å². The number of thioether (sulfide) groups is 1. The summed E-state index contributed by atoms with van der Waals surface area (Å²) in [5, 5.41) is 0.410. The lowest BCUT2D eigenvalue weighted by molar-refractivity contribution is -0.135. The van der Waals surface area contributed by atoms with Crippen molar-refractivity contribution in [2.24, 2.45) is 0 Å². The van der Waals surface area contributed by atoms with Crippen LogP contribution in [-0.4, -0.2) is 53.1 Å². The van der Waals surface area contributed by atoms with Crippen LogP contribution in [-0.2, 0) is 16.2 Å². The number of imide groups is 1. The van der Waals surface area contributed by atoms with E-state index in [-0.39, 0.29) is 24.0 Å². The highest BCUT2D eigenvalue weighted by Gasteiger charge is 2.37. The molecule has 0 aromatic heterocycles. The average Bonchev–Trinajstić information content (AvgIpc) is 3.05. The number of ether oxygens (including phenoxy) is 2. The van der Waals surface area contributed by atoms with Crippen molar-refractivity contribution >= 4 is 58.1 Å². The molecular formula is C27H28Cl2N2O5S. The van der Waals surface area contributed by atoms with Crippen molar-refractivity contribution in [3.63, 3.8) is 0 Å². The molecule has 2 saturated heterocycles. The van der Waals surface area contributed by atoms with Gasteiger partial charge in [0, 0.05) is 23.7 Å². The maximum absolute atomic E-state index is 13.0. The van der Waals surface area contributed by atoms with E-state index < -0.39 is 11.1 Å². The molecule has 0 radical (unpaired) electrons. The second kappa shape index (κ2) is 12.7. The molecule has 0 spiro atoms. The Hall–Kier alpha value is -2.68. The normalized spacial score (nSPS) is 17.3. The Balaban J connectivity index is 1.50. The minimum absolute atomic E-state index is 0.197. The third-order valence-electron chi connectivity index (χ3n) is 6.09. The summed E-state index contributed by atoms with van der Waals surface area (Å²) in [5.41, 5.74) is 1.37. The van der Waals surface area contributed by atoms with Crippen LogP contribution in [0.2, 0.25) is 10.0 Å². The predicted molar refractivity (Wildman–Crippen MR) is 146 cm³/mol. The molecule has 0 atom stereocenters. The molecule has 2 aliphatic rings. The molecule has 0 saturated carbocycles. The van der Waals surface area contributed by atoms with Gasteiger partial charge in [-0.15, -0.1) is 0 Å². The summed E-state index contributed by atoms with van der Waals surface area (Å²) in [6, 6.07) is 10.7. The molecule has 2 aromatic carbocycles. The molecule has 2 heterocycles. The van der Waals surface area contributed by atoms with Gasteiger partial charge in [-0.05, 0) is 61.4 Å². The zero-order valence-electron chi connectivity index (χ0n) is 20.5. The standard InChI is InChI=1S/C27H28Cl2N2O5S/c1-2-35-22-14-18(13-21(29)25(22)36-17-19-9-5-6-10-20(19)28)15-23-26(33)31(27(34)37-23)16-24(32)30-11-7-3-4-8-12-30/h5-6,9-10,13-15H,2-4,7-8,11-12,16-17H2,1H3. The van der Waals surface area contributed by atoms with Gasteiger partial charge in [0.15, 0.2) is 11.5 Å². The average molecular weight is 564 g/mol. The number of carbonyl (C=O) groups excluding carboxylic acids is 3. The minimum atomic E-state index is -0.494. The smallest absolute Gasteiger partial charge is 0.294 e. The van der Waals surface area contributed by atoms with Gasteiger partial charge in [-0.1, -0.05) is 54.2 Å². The first-order valence-corrected chi connectivity index (χ1v) is 13.8. The molecule has 196 valence electrons. The van der Waals surface area contributed by atoms with Crippen molar-refractivity contribution in [1.29, 1.82) is 0 Å². The van der Waals surface area contributed by atoms with Gasteiger partial charge in [-0.25, -0.2) is 0 Å². The fourth-order valence-corrected chi connectivity index (χ4v) is 5.48. The highest BCUT2D eigenvalue weighted by Crippen LogP contribution is 2.40. The molecule has 2 aliphatic heterocycles. The van der Waals surface area contributed by atoms with E-state index in [0.29, 0.717) is 46.8 Å². The molecule has 0 N–H and O–H groups in total. The van der Waals surface area contributed by atoms with Crippen LogP contribution in [0.3, 0.4) is 0 Å². The Kier molecular flexibility index (Phi) is 9.40. The lowest BCUT2D eigenvalue weighted by atomic mass is 10.1. The quantitative estimate of drug-likeness (QED) is 0.346. The maximum Gasteiger partial charge on any atom is 0.294 e. The predicted octanol–water partition coefficient (Wildman–Crippen LogP) is 6.41. The third-order valence-corrected chi connectivity index (χ3v) is 7.64. The number of rotatable bonds is 8. The minimum Gasteiger partial charge on any atom is -0.490 e. The highest BCUT2D eigenvalue weighted by molar-refractivity contribution is 8.18. The molecular weight excluding hydrogens is 535 g/mol. The Morgan fingerprint density at radius 3 is 2.46 bits per heavy atom. The molecule has 4 rings (SSSR count). The first-order valence-electron chi connectivity index (χ1n) is 12.2. The largest absolute Gasteiger partial charge is 0.490 e. The fourth-order valence-electron chi connectivity index (χ4n) is 4.18. The number of likely N-dealkylation sites (tertiary alicyclic amines) is 1. The third kappa shape index (κ3) is 6.80. The lowest BCUT2D eigenvalue weighted by Crippen LogP contribution is -2.42. The first kappa shape index (κ1) is 27.4. The fraction of sp³-hybridized carbons (Fsp3) is 0.370. The summed E-state index contributed by atoms with van der Waals surface area (Å²) in [4.78, 5) is 41.3. The van der Waals surface area contributed by atoms with Crippen LogP contribution >= 0.6 is 35.0 Å². The molecule has 3 amide bonds. The van der Waals surface area contributed by atoms with Gasteiger partial charge in [0.05, 0.1) is 16.5 Å². The van der Waals surface area contributed by atoms with Gasteiger partial charge < -0.3 is 14.4 Å². The summed E-state index contributed by atoms with van der Waals surface area (Å²) >= 11 is 13.6. The molecule has 37 heavy (non-hydrogen) atoms. The topological polar surface area (TPSA) is 76.2 Å². The van der Waals surface area contributed by atoms with Gasteiger partial charge in [-0.2, -0.15) is 0 Å². The zero-order valence-corrected chi connectivity index (χ0v) is 22.8. The van der Waals surface area contributed by atoms with Crippen molar-refractivity contribution < 1.29 is 23.9 Å². The van der Waals surface area contributed by atoms with Crippen molar-refractivity contribution in [1.82, 2.24) is 9.80 Å². The lowest BCUT2D eigenvalue weighted by Gasteiger charge is -2.22. The number of benzene rings is 2. The van der Waals surface area contributed by atoms with E-state index >= 15 is 0 Å². The van der Waals surface area contributed by atoms with Crippen LogP contribution in [0.15, 0.2) is 41.3 Å². The van der Waals surface area contributed by atoms with Crippen LogP contribution in [0.4, 0.5) is 4.79 Å². The van der Waals surface area contributed by atoms with Crippen molar-refractivity contribution in [2.45, 2.75) is 39.2 Å². The Morgan fingerprint density at radius 2 is 1.76 bits per heavy atom. The number of carbonyl (C=O) groups is 3. The Bertz CT molecular complexity index is 1210. The molecule has 0 unspecified atom stereocenters. The molecule has 0 bridgehead atoms. The molecule has 0 aliphatic carbocycles. The number of nitrogens with zero attached hydrogens (tertiary/aromatic N) is 2. The second-order valence-corrected chi connectivity index (χ2v) is 10.5. The summed E-state index contributed by atoms with van der Waals surface area (Å²) in [6.07, 6.45) is 5.63. The number of hydrogen-bond donors (Lipinski definition) is 0. The Labute approximate surface area is 230 Å². The van der Waals surface area contributed by atoms with E-state index in [1.165, 1.54) is 0 Å². The van der Waals surface area contributed by atoms with Gasteiger partial charge >= 0.3 is 0 Å². The van der Waals surface area contributed by atoms with E-state index in [1.807, 2.05) is 25.1 Å². The second-order valence-electron chi connectivity index (χ2n) is 8.71. The van der Waals surface area contributed by atoms with Gasteiger partial charge in [-0.3, -0.25) is 19.3 Å². The van der Waals surface area contributed by atoms with Crippen molar-refractivity contribution in [3.8, 4) is 11.5 Å². The van der Waals surface area contributed by atoms with E-state index in [1.54, 1.807) is 29.2 Å². The van der Waals surface area contributed by atoms with Crippen molar-refractivity contribution in [2.75, 3.05) is 26.2 Å². The van der Waals surface area contributed by atoms with E-state index in [4.69, 9.17) is 32.7 Å². The highest BCUT2D eigenvalue weighted by atomic mass is 35.5. The number of amides is 3. The zero-order chi connectivity index (χ0) is 26.4.